The molecule has 16 heavy (non-hydrogen) atoms. The second-order valence-corrected chi connectivity index (χ2v) is 5.09. The molecule has 1 aliphatic rings. The molecule has 0 aromatic heterocycles. The van der Waals surface area contributed by atoms with Gasteiger partial charge in [-0.15, -0.1) is 0 Å². The highest BCUT2D eigenvalue weighted by molar-refractivity contribution is 9.10. The molecule has 2 aromatic carbocycles. The Morgan fingerprint density at radius 3 is 2.50 bits per heavy atom. The van der Waals surface area contributed by atoms with Crippen LogP contribution in [0.1, 0.15) is 24.3 Å². The lowest BCUT2D eigenvalue weighted by atomic mass is 9.77. The van der Waals surface area contributed by atoms with E-state index < -0.39 is 0 Å². The Morgan fingerprint density at radius 1 is 1.06 bits per heavy atom. The van der Waals surface area contributed by atoms with Crippen LogP contribution < -0.4 is 0 Å². The molecule has 0 N–H and O–H groups in total. The van der Waals surface area contributed by atoms with Gasteiger partial charge in [-0.2, -0.15) is 0 Å². The summed E-state index contributed by atoms with van der Waals surface area (Å²) in [6.45, 7) is 0. The van der Waals surface area contributed by atoms with Crippen molar-refractivity contribution < 1.29 is 4.79 Å². The highest BCUT2D eigenvalue weighted by atomic mass is 79.9. The molecule has 0 saturated heterocycles. The van der Waals surface area contributed by atoms with Crippen molar-refractivity contribution in [1.82, 2.24) is 0 Å². The van der Waals surface area contributed by atoms with Crippen LogP contribution in [0, 0.1) is 0 Å². The van der Waals surface area contributed by atoms with Gasteiger partial charge in [-0.05, 0) is 28.8 Å². The van der Waals surface area contributed by atoms with Crippen LogP contribution in [0.4, 0.5) is 0 Å². The molecule has 1 saturated carbocycles. The Labute approximate surface area is 103 Å². The van der Waals surface area contributed by atoms with Crippen LogP contribution in [0.15, 0.2) is 40.9 Å². The summed E-state index contributed by atoms with van der Waals surface area (Å²) in [6.07, 6.45) is 1.75. The van der Waals surface area contributed by atoms with Gasteiger partial charge in [-0.1, -0.05) is 46.3 Å². The lowest BCUT2D eigenvalue weighted by Gasteiger charge is -2.25. The van der Waals surface area contributed by atoms with Crippen molar-refractivity contribution in [3.63, 3.8) is 0 Å². The quantitative estimate of drug-likeness (QED) is 0.767. The second-order valence-electron chi connectivity index (χ2n) is 4.24. The van der Waals surface area contributed by atoms with E-state index >= 15 is 0 Å². The van der Waals surface area contributed by atoms with Gasteiger partial charge in [0.25, 0.3) is 0 Å². The lowest BCUT2D eigenvalue weighted by Crippen LogP contribution is -2.23. The number of ketones is 1. The number of halogens is 1. The van der Waals surface area contributed by atoms with Crippen LogP contribution in [0.3, 0.4) is 0 Å². The average molecular weight is 275 g/mol. The third-order valence-electron chi connectivity index (χ3n) is 3.35. The first-order valence-electron chi connectivity index (χ1n) is 5.47. The Morgan fingerprint density at radius 2 is 1.81 bits per heavy atom. The molecular formula is C14H11BrO. The molecule has 0 heterocycles. The van der Waals surface area contributed by atoms with E-state index in [0.29, 0.717) is 5.78 Å². The first-order chi connectivity index (χ1) is 7.77. The monoisotopic (exact) mass is 274 g/mol. The number of carbonyl (C=O) groups excluding carboxylic acids is 1. The number of benzene rings is 2. The van der Waals surface area contributed by atoms with Crippen LogP contribution in [-0.4, -0.2) is 5.78 Å². The van der Waals surface area contributed by atoms with Gasteiger partial charge in [0.15, 0.2) is 0 Å². The summed E-state index contributed by atoms with van der Waals surface area (Å²) < 4.78 is 1.10. The van der Waals surface area contributed by atoms with Crippen molar-refractivity contribution in [3.05, 3.63) is 46.4 Å². The first kappa shape index (κ1) is 10.0. The molecule has 1 aliphatic carbocycles. The number of hydrogen-bond acceptors (Lipinski definition) is 1. The van der Waals surface area contributed by atoms with Crippen molar-refractivity contribution >= 4 is 32.5 Å². The second kappa shape index (κ2) is 3.70. The van der Waals surface area contributed by atoms with Crippen molar-refractivity contribution in [2.45, 2.75) is 18.8 Å². The third kappa shape index (κ3) is 1.40. The normalized spacial score (nSPS) is 19.8. The number of rotatable bonds is 1. The number of Topliss-reactive ketones (excluding diaryl/α,β-unsaturated/α-hetero) is 1. The van der Waals surface area contributed by atoms with Crippen LogP contribution in [0.2, 0.25) is 0 Å². The van der Waals surface area contributed by atoms with E-state index in [-0.39, 0.29) is 5.92 Å². The minimum absolute atomic E-state index is 0.137. The summed E-state index contributed by atoms with van der Waals surface area (Å²) in [7, 11) is 0. The molecule has 1 atom stereocenters. The molecule has 0 spiro atoms. The Hall–Kier alpha value is -1.15. The largest absolute Gasteiger partial charge is 0.299 e. The van der Waals surface area contributed by atoms with Gasteiger partial charge in [-0.25, -0.2) is 0 Å². The summed E-state index contributed by atoms with van der Waals surface area (Å²) in [5.41, 5.74) is 1.19. The summed E-state index contributed by atoms with van der Waals surface area (Å²) in [6, 6.07) is 12.4. The molecule has 2 heteroatoms. The third-order valence-corrected chi connectivity index (χ3v) is 4.04. The van der Waals surface area contributed by atoms with Crippen molar-refractivity contribution in [1.29, 1.82) is 0 Å². The fraction of sp³-hybridized carbons (Fsp3) is 0.214. The van der Waals surface area contributed by atoms with E-state index in [1.54, 1.807) is 0 Å². The molecule has 0 radical (unpaired) electrons. The lowest BCUT2D eigenvalue weighted by molar-refractivity contribution is -0.125. The molecule has 2 aromatic rings. The first-order valence-corrected chi connectivity index (χ1v) is 6.26. The fourth-order valence-corrected chi connectivity index (χ4v) is 2.83. The fourth-order valence-electron chi connectivity index (χ4n) is 2.34. The average Bonchev–Trinajstić information content (AvgIpc) is 2.29. The van der Waals surface area contributed by atoms with E-state index in [1.807, 2.05) is 18.2 Å². The van der Waals surface area contributed by atoms with Crippen LogP contribution in [-0.2, 0) is 4.79 Å². The topological polar surface area (TPSA) is 17.1 Å². The van der Waals surface area contributed by atoms with Crippen molar-refractivity contribution in [2.24, 2.45) is 0 Å². The highest BCUT2D eigenvalue weighted by Gasteiger charge is 2.30. The van der Waals surface area contributed by atoms with Gasteiger partial charge >= 0.3 is 0 Å². The van der Waals surface area contributed by atoms with Gasteiger partial charge in [0, 0.05) is 16.8 Å². The molecular weight excluding hydrogens is 264 g/mol. The van der Waals surface area contributed by atoms with E-state index in [2.05, 4.69) is 34.1 Å². The number of carbonyl (C=O) groups is 1. The molecule has 0 amide bonds. The maximum absolute atomic E-state index is 11.5. The molecule has 1 unspecified atom stereocenters. The molecule has 3 rings (SSSR count). The highest BCUT2D eigenvalue weighted by Crippen LogP contribution is 2.38. The Balaban J connectivity index is 2.25. The molecule has 1 nitrogen and oxygen atoms in total. The van der Waals surface area contributed by atoms with Gasteiger partial charge in [0.1, 0.15) is 5.78 Å². The maximum Gasteiger partial charge on any atom is 0.140 e. The standard InChI is InChI=1S/C14H11BrO/c15-13-6-2-4-9-10(3-1-5-11(9)13)12-7-8-14(12)16/h1-6,12H,7-8H2. The minimum atomic E-state index is 0.137. The number of hydrogen-bond donors (Lipinski definition) is 0. The van der Waals surface area contributed by atoms with Gasteiger partial charge in [0.2, 0.25) is 0 Å². The summed E-state index contributed by atoms with van der Waals surface area (Å²) >= 11 is 3.55. The molecule has 0 bridgehead atoms. The van der Waals surface area contributed by atoms with Gasteiger partial charge in [-0.3, -0.25) is 4.79 Å². The smallest absolute Gasteiger partial charge is 0.140 e. The SMILES string of the molecule is O=C1CCC1c1cccc2c(Br)cccc12. The zero-order chi connectivity index (χ0) is 11.1. The van der Waals surface area contributed by atoms with E-state index in [1.165, 1.54) is 16.3 Å². The Bertz CT molecular complexity index is 574. The number of fused-ring (bicyclic) bond motifs is 1. The summed E-state index contributed by atoms with van der Waals surface area (Å²) in [5, 5.41) is 2.40. The van der Waals surface area contributed by atoms with E-state index in [9.17, 15) is 4.79 Å². The maximum atomic E-state index is 11.5. The molecule has 1 fully saturated rings. The van der Waals surface area contributed by atoms with Crippen LogP contribution in [0.5, 0.6) is 0 Å². The van der Waals surface area contributed by atoms with E-state index in [4.69, 9.17) is 0 Å². The van der Waals surface area contributed by atoms with Crippen LogP contribution in [0.25, 0.3) is 10.8 Å². The van der Waals surface area contributed by atoms with Gasteiger partial charge < -0.3 is 0 Å². The predicted octanol–water partition coefficient (Wildman–Crippen LogP) is 4.05. The van der Waals surface area contributed by atoms with E-state index in [0.717, 1.165) is 17.3 Å². The summed E-state index contributed by atoms with van der Waals surface area (Å²) in [4.78, 5) is 11.5. The predicted molar refractivity (Wildman–Crippen MR) is 68.6 cm³/mol. The van der Waals surface area contributed by atoms with Crippen molar-refractivity contribution in [2.75, 3.05) is 0 Å². The van der Waals surface area contributed by atoms with Gasteiger partial charge in [0.05, 0.1) is 0 Å². The van der Waals surface area contributed by atoms with Crippen LogP contribution >= 0.6 is 15.9 Å². The molecule has 80 valence electrons. The summed E-state index contributed by atoms with van der Waals surface area (Å²) in [5.74, 6) is 0.519. The van der Waals surface area contributed by atoms with Crippen molar-refractivity contribution in [3.8, 4) is 0 Å². The zero-order valence-electron chi connectivity index (χ0n) is 8.74. The molecule has 0 aliphatic heterocycles. The minimum Gasteiger partial charge on any atom is -0.299 e. The zero-order valence-corrected chi connectivity index (χ0v) is 10.3. The Kier molecular flexibility index (Phi) is 2.32.